The molecule has 3 nitrogen and oxygen atoms in total. The Kier molecular flexibility index (Phi) is 5.76. The Labute approximate surface area is 115 Å². The molecule has 1 unspecified atom stereocenters. The van der Waals surface area contributed by atoms with Crippen LogP contribution in [-0.2, 0) is 11.2 Å². The normalized spacial score (nSPS) is 13.4. The molecule has 0 amide bonds. The molecule has 0 aromatic heterocycles. The van der Waals surface area contributed by atoms with Crippen molar-refractivity contribution in [2.24, 2.45) is 0 Å². The van der Waals surface area contributed by atoms with Crippen molar-refractivity contribution in [2.75, 3.05) is 20.8 Å². The molecule has 4 heteroatoms. The van der Waals surface area contributed by atoms with Gasteiger partial charge >= 0.3 is 0 Å². The molecule has 0 aliphatic carbocycles. The van der Waals surface area contributed by atoms with Crippen LogP contribution in [0.1, 0.15) is 26.3 Å². The lowest BCUT2D eigenvalue weighted by Gasteiger charge is -2.24. The molecule has 108 valence electrons. The number of likely N-dealkylation sites (N-methyl/N-ethyl adjacent to an activating group) is 1. The summed E-state index contributed by atoms with van der Waals surface area (Å²) in [7, 11) is 3.35. The second-order valence-electron chi connectivity index (χ2n) is 5.58. The Bertz CT molecular complexity index is 402. The van der Waals surface area contributed by atoms with Crippen LogP contribution >= 0.6 is 0 Å². The molecule has 0 spiro atoms. The Balaban J connectivity index is 2.63. The standard InChI is InChI=1S/C15H24FNO2/c1-15(2,3)19-10-12(17-4)8-11-6-7-14(18-5)13(16)9-11/h6-7,9,12,17H,8,10H2,1-5H3. The van der Waals surface area contributed by atoms with Crippen molar-refractivity contribution in [3.8, 4) is 5.75 Å². The van der Waals surface area contributed by atoms with Crippen LogP contribution in [-0.4, -0.2) is 32.4 Å². The summed E-state index contributed by atoms with van der Waals surface area (Å²) < 4.78 is 24.3. The Morgan fingerprint density at radius 2 is 2.00 bits per heavy atom. The van der Waals surface area contributed by atoms with E-state index in [0.29, 0.717) is 13.0 Å². The summed E-state index contributed by atoms with van der Waals surface area (Å²) in [4.78, 5) is 0. The minimum atomic E-state index is -0.327. The number of rotatable bonds is 6. The lowest BCUT2D eigenvalue weighted by Crippen LogP contribution is -2.36. The summed E-state index contributed by atoms with van der Waals surface area (Å²) in [5.41, 5.74) is 0.760. The number of benzene rings is 1. The summed E-state index contributed by atoms with van der Waals surface area (Å²) in [6.07, 6.45) is 0.716. The molecular formula is C15H24FNO2. The molecule has 0 radical (unpaired) electrons. The third kappa shape index (κ3) is 5.57. The van der Waals surface area contributed by atoms with Gasteiger partial charge in [0.25, 0.3) is 0 Å². The quantitative estimate of drug-likeness (QED) is 0.861. The maximum atomic E-state index is 13.6. The van der Waals surface area contributed by atoms with Gasteiger partial charge in [-0.25, -0.2) is 4.39 Å². The minimum absolute atomic E-state index is 0.159. The molecule has 1 atom stereocenters. The fourth-order valence-electron chi connectivity index (χ4n) is 1.72. The van der Waals surface area contributed by atoms with Crippen molar-refractivity contribution < 1.29 is 13.9 Å². The topological polar surface area (TPSA) is 30.5 Å². The summed E-state index contributed by atoms with van der Waals surface area (Å²) in [6.45, 7) is 6.65. The third-order valence-corrected chi connectivity index (χ3v) is 2.82. The summed E-state index contributed by atoms with van der Waals surface area (Å²) in [6, 6.07) is 5.21. The lowest BCUT2D eigenvalue weighted by atomic mass is 10.1. The van der Waals surface area contributed by atoms with Crippen LogP contribution in [0.5, 0.6) is 5.75 Å². The van der Waals surface area contributed by atoms with Gasteiger partial charge in [0.2, 0.25) is 0 Å². The van der Waals surface area contributed by atoms with E-state index in [1.807, 2.05) is 33.9 Å². The zero-order valence-corrected chi connectivity index (χ0v) is 12.4. The van der Waals surface area contributed by atoms with E-state index in [4.69, 9.17) is 9.47 Å². The molecule has 0 heterocycles. The highest BCUT2D eigenvalue weighted by atomic mass is 19.1. The molecule has 0 saturated carbocycles. The van der Waals surface area contributed by atoms with Crippen LogP contribution in [0.3, 0.4) is 0 Å². The van der Waals surface area contributed by atoms with Gasteiger partial charge in [-0.2, -0.15) is 0 Å². The lowest BCUT2D eigenvalue weighted by molar-refractivity contribution is -0.0134. The van der Waals surface area contributed by atoms with E-state index in [2.05, 4.69) is 5.32 Å². The van der Waals surface area contributed by atoms with Gasteiger partial charge in [-0.1, -0.05) is 6.07 Å². The largest absolute Gasteiger partial charge is 0.494 e. The van der Waals surface area contributed by atoms with Crippen molar-refractivity contribution in [2.45, 2.75) is 38.8 Å². The maximum absolute atomic E-state index is 13.6. The number of hydrogen-bond donors (Lipinski definition) is 1. The van der Waals surface area contributed by atoms with Crippen LogP contribution in [0.25, 0.3) is 0 Å². The smallest absolute Gasteiger partial charge is 0.165 e. The van der Waals surface area contributed by atoms with Crippen LogP contribution in [0.15, 0.2) is 18.2 Å². The fourth-order valence-corrected chi connectivity index (χ4v) is 1.72. The van der Waals surface area contributed by atoms with Gasteiger partial charge in [0.15, 0.2) is 11.6 Å². The predicted octanol–water partition coefficient (Wildman–Crippen LogP) is 2.78. The summed E-state index contributed by atoms with van der Waals surface area (Å²) in [5, 5.41) is 3.19. The highest BCUT2D eigenvalue weighted by Crippen LogP contribution is 2.19. The van der Waals surface area contributed by atoms with Gasteiger partial charge in [0.1, 0.15) is 0 Å². The Morgan fingerprint density at radius 3 is 2.47 bits per heavy atom. The van der Waals surface area contributed by atoms with Gasteiger partial charge < -0.3 is 14.8 Å². The second-order valence-corrected chi connectivity index (χ2v) is 5.58. The molecule has 0 bridgehead atoms. The van der Waals surface area contributed by atoms with Crippen LogP contribution in [0.4, 0.5) is 4.39 Å². The molecule has 1 aromatic carbocycles. The molecular weight excluding hydrogens is 245 g/mol. The van der Waals surface area contributed by atoms with E-state index in [0.717, 1.165) is 5.56 Å². The van der Waals surface area contributed by atoms with E-state index >= 15 is 0 Å². The first-order valence-corrected chi connectivity index (χ1v) is 6.49. The van der Waals surface area contributed by atoms with Gasteiger partial charge in [-0.15, -0.1) is 0 Å². The summed E-state index contributed by atoms with van der Waals surface area (Å²) >= 11 is 0. The van der Waals surface area contributed by atoms with Crippen molar-refractivity contribution >= 4 is 0 Å². The molecule has 1 aromatic rings. The number of methoxy groups -OCH3 is 1. The Morgan fingerprint density at radius 1 is 1.32 bits per heavy atom. The highest BCUT2D eigenvalue weighted by Gasteiger charge is 2.15. The summed E-state index contributed by atoms with van der Waals surface area (Å²) in [5.74, 6) is -0.0534. The molecule has 1 N–H and O–H groups in total. The first-order valence-electron chi connectivity index (χ1n) is 6.49. The van der Waals surface area contributed by atoms with Crippen molar-refractivity contribution in [1.82, 2.24) is 5.32 Å². The van der Waals surface area contributed by atoms with Gasteiger partial charge in [-0.3, -0.25) is 0 Å². The zero-order chi connectivity index (χ0) is 14.5. The van der Waals surface area contributed by atoms with Crippen LogP contribution in [0, 0.1) is 5.82 Å². The maximum Gasteiger partial charge on any atom is 0.165 e. The Hall–Kier alpha value is -1.13. The molecule has 19 heavy (non-hydrogen) atoms. The number of hydrogen-bond acceptors (Lipinski definition) is 3. The van der Waals surface area contributed by atoms with Crippen LogP contribution < -0.4 is 10.1 Å². The SMILES string of the molecule is CNC(COC(C)(C)C)Cc1ccc(OC)c(F)c1. The van der Waals surface area contributed by atoms with Crippen molar-refractivity contribution in [3.63, 3.8) is 0 Å². The number of ether oxygens (including phenoxy) is 2. The molecule has 0 fully saturated rings. The average Bonchev–Trinajstić information content (AvgIpc) is 2.33. The molecule has 0 aliphatic rings. The molecule has 1 rings (SSSR count). The number of halogens is 1. The van der Waals surface area contributed by atoms with Gasteiger partial charge in [0, 0.05) is 6.04 Å². The molecule has 0 saturated heterocycles. The monoisotopic (exact) mass is 269 g/mol. The number of nitrogens with one attached hydrogen (secondary N) is 1. The highest BCUT2D eigenvalue weighted by molar-refractivity contribution is 5.29. The van der Waals surface area contributed by atoms with Gasteiger partial charge in [0.05, 0.1) is 19.3 Å². The first kappa shape index (κ1) is 15.9. The van der Waals surface area contributed by atoms with Crippen molar-refractivity contribution in [1.29, 1.82) is 0 Å². The zero-order valence-electron chi connectivity index (χ0n) is 12.4. The van der Waals surface area contributed by atoms with Crippen LogP contribution in [0.2, 0.25) is 0 Å². The van der Waals surface area contributed by atoms with E-state index in [-0.39, 0.29) is 23.2 Å². The average molecular weight is 269 g/mol. The van der Waals surface area contributed by atoms with E-state index < -0.39 is 0 Å². The molecule has 0 aliphatic heterocycles. The van der Waals surface area contributed by atoms with Crippen molar-refractivity contribution in [3.05, 3.63) is 29.6 Å². The predicted molar refractivity (Wildman–Crippen MR) is 75.2 cm³/mol. The minimum Gasteiger partial charge on any atom is -0.494 e. The van der Waals surface area contributed by atoms with Gasteiger partial charge in [-0.05, 0) is 51.9 Å². The van der Waals surface area contributed by atoms with E-state index in [9.17, 15) is 4.39 Å². The fraction of sp³-hybridized carbons (Fsp3) is 0.600. The third-order valence-electron chi connectivity index (χ3n) is 2.82. The first-order chi connectivity index (χ1) is 8.85. The second kappa shape index (κ2) is 6.87. The van der Waals surface area contributed by atoms with E-state index in [1.54, 1.807) is 6.07 Å². The van der Waals surface area contributed by atoms with E-state index in [1.165, 1.54) is 13.2 Å².